The first-order chi connectivity index (χ1) is 15.6. The van der Waals surface area contributed by atoms with Gasteiger partial charge in [0.05, 0.1) is 26.0 Å². The van der Waals surface area contributed by atoms with Gasteiger partial charge < -0.3 is 28.7 Å². The number of hydrogen-bond donors (Lipinski definition) is 1. The number of ether oxygens (including phenoxy) is 2. The van der Waals surface area contributed by atoms with E-state index in [1.54, 1.807) is 20.5 Å². The van der Waals surface area contributed by atoms with Crippen LogP contribution in [-0.4, -0.2) is 48.6 Å². The minimum Gasteiger partial charge on any atom is -0.493 e. The molecule has 8 nitrogen and oxygen atoms in total. The van der Waals surface area contributed by atoms with Gasteiger partial charge in [0.2, 0.25) is 5.91 Å². The van der Waals surface area contributed by atoms with E-state index in [2.05, 4.69) is 5.32 Å². The van der Waals surface area contributed by atoms with Crippen LogP contribution in [0.5, 0.6) is 11.5 Å². The number of methoxy groups -OCH3 is 2. The number of piperidine rings is 1. The number of benzene rings is 1. The summed E-state index contributed by atoms with van der Waals surface area (Å²) < 4.78 is 18.2. The summed E-state index contributed by atoms with van der Waals surface area (Å²) in [5.74, 6) is 1.12. The van der Waals surface area contributed by atoms with Crippen LogP contribution in [0.25, 0.3) is 11.1 Å². The zero-order valence-corrected chi connectivity index (χ0v) is 18.7. The Morgan fingerprint density at radius 1 is 1.16 bits per heavy atom. The molecule has 4 rings (SSSR count). The highest BCUT2D eigenvalue weighted by atomic mass is 16.5. The second-order valence-corrected chi connectivity index (χ2v) is 7.88. The van der Waals surface area contributed by atoms with Gasteiger partial charge in [-0.05, 0) is 25.8 Å². The minimum atomic E-state index is -0.120. The third-order valence-electron chi connectivity index (χ3n) is 6.15. The topological polar surface area (TPSA) is 85.9 Å². The highest BCUT2D eigenvalue weighted by molar-refractivity contribution is 5.97. The summed E-state index contributed by atoms with van der Waals surface area (Å²) >= 11 is 0. The predicted molar refractivity (Wildman–Crippen MR) is 120 cm³/mol. The molecule has 0 unspecified atom stereocenters. The third-order valence-corrected chi connectivity index (χ3v) is 6.15. The normalized spacial score (nSPS) is 14.5. The molecule has 1 N–H and O–H groups in total. The number of carbonyl (C=O) groups is 2. The van der Waals surface area contributed by atoms with Crippen LogP contribution in [0.1, 0.15) is 35.8 Å². The standard InChI is InChI=1S/C24H29N3O5/c1-4-27-18-10-13-32-21(18)14-19(27)24(29)26-11-8-16(9-12-26)23(28)25-15-17-6-5-7-20(30-2)22(17)31-3/h5-7,10,13-14,16H,4,8-9,11-12,15H2,1-3H3,(H,25,28). The zero-order chi connectivity index (χ0) is 22.7. The largest absolute Gasteiger partial charge is 0.493 e. The Morgan fingerprint density at radius 2 is 1.94 bits per heavy atom. The summed E-state index contributed by atoms with van der Waals surface area (Å²) in [5.41, 5.74) is 3.14. The lowest BCUT2D eigenvalue weighted by Crippen LogP contribution is -2.43. The first kappa shape index (κ1) is 21.8. The van der Waals surface area contributed by atoms with E-state index in [0.29, 0.717) is 56.2 Å². The molecule has 1 aliphatic heterocycles. The lowest BCUT2D eigenvalue weighted by molar-refractivity contribution is -0.126. The fraction of sp³-hybridized carbons (Fsp3) is 0.417. The maximum Gasteiger partial charge on any atom is 0.270 e. The van der Waals surface area contributed by atoms with Gasteiger partial charge in [-0.15, -0.1) is 0 Å². The van der Waals surface area contributed by atoms with Crippen molar-refractivity contribution in [1.29, 1.82) is 0 Å². The molecule has 32 heavy (non-hydrogen) atoms. The smallest absolute Gasteiger partial charge is 0.270 e. The molecular weight excluding hydrogens is 410 g/mol. The van der Waals surface area contributed by atoms with Crippen molar-refractivity contribution in [3.63, 3.8) is 0 Å². The van der Waals surface area contributed by atoms with E-state index in [1.165, 1.54) is 0 Å². The molecule has 1 aromatic carbocycles. The van der Waals surface area contributed by atoms with Gasteiger partial charge in [0.15, 0.2) is 17.1 Å². The summed E-state index contributed by atoms with van der Waals surface area (Å²) in [6.45, 7) is 4.17. The van der Waals surface area contributed by atoms with Gasteiger partial charge in [-0.1, -0.05) is 12.1 Å². The molecule has 0 radical (unpaired) electrons. The van der Waals surface area contributed by atoms with Gasteiger partial charge in [0.1, 0.15) is 5.69 Å². The average Bonchev–Trinajstić information content (AvgIpc) is 3.43. The van der Waals surface area contributed by atoms with Crippen molar-refractivity contribution in [2.45, 2.75) is 32.9 Å². The molecule has 0 bridgehead atoms. The molecule has 3 aromatic rings. The van der Waals surface area contributed by atoms with Crippen molar-refractivity contribution >= 4 is 22.9 Å². The third kappa shape index (κ3) is 4.04. The highest BCUT2D eigenvalue weighted by Gasteiger charge is 2.29. The molecule has 0 aliphatic carbocycles. The molecule has 2 aromatic heterocycles. The van der Waals surface area contributed by atoms with E-state index < -0.39 is 0 Å². The van der Waals surface area contributed by atoms with Gasteiger partial charge >= 0.3 is 0 Å². The number of aromatic nitrogens is 1. The Hall–Kier alpha value is -3.42. The summed E-state index contributed by atoms with van der Waals surface area (Å²) in [7, 11) is 3.17. The lowest BCUT2D eigenvalue weighted by Gasteiger charge is -2.31. The minimum absolute atomic E-state index is 0.00332. The van der Waals surface area contributed by atoms with Gasteiger partial charge in [0, 0.05) is 49.8 Å². The van der Waals surface area contributed by atoms with Gasteiger partial charge in [-0.3, -0.25) is 9.59 Å². The Kier molecular flexibility index (Phi) is 6.39. The molecule has 1 saturated heterocycles. The number of nitrogens with one attached hydrogen (secondary N) is 1. The van der Waals surface area contributed by atoms with Crippen molar-refractivity contribution < 1.29 is 23.5 Å². The van der Waals surface area contributed by atoms with Crippen LogP contribution in [0.15, 0.2) is 41.0 Å². The number of fused-ring (bicyclic) bond motifs is 1. The number of aryl methyl sites for hydroxylation is 1. The molecule has 0 saturated carbocycles. The van der Waals surface area contributed by atoms with Crippen LogP contribution < -0.4 is 14.8 Å². The molecule has 1 fully saturated rings. The first-order valence-corrected chi connectivity index (χ1v) is 10.9. The summed E-state index contributed by atoms with van der Waals surface area (Å²) in [4.78, 5) is 27.7. The average molecular weight is 440 g/mol. The molecule has 1 aliphatic rings. The second-order valence-electron chi connectivity index (χ2n) is 7.88. The van der Waals surface area contributed by atoms with E-state index in [4.69, 9.17) is 13.9 Å². The number of carbonyl (C=O) groups excluding carboxylic acids is 2. The van der Waals surface area contributed by atoms with Crippen LogP contribution in [0, 0.1) is 5.92 Å². The van der Waals surface area contributed by atoms with Crippen LogP contribution in [0.2, 0.25) is 0 Å². The first-order valence-electron chi connectivity index (χ1n) is 10.9. The second kappa shape index (κ2) is 9.38. The van der Waals surface area contributed by atoms with Crippen molar-refractivity contribution in [2.24, 2.45) is 5.92 Å². The van der Waals surface area contributed by atoms with Crippen molar-refractivity contribution in [1.82, 2.24) is 14.8 Å². The number of furan rings is 1. The fourth-order valence-electron chi connectivity index (χ4n) is 4.42. The molecule has 170 valence electrons. The zero-order valence-electron chi connectivity index (χ0n) is 18.7. The van der Waals surface area contributed by atoms with Gasteiger partial charge in [-0.25, -0.2) is 0 Å². The number of amides is 2. The SMILES string of the molecule is CCn1c(C(=O)N2CCC(C(=O)NCc3cccc(OC)c3OC)CC2)cc2occc21. The quantitative estimate of drug-likeness (QED) is 0.610. The molecule has 2 amide bonds. The highest BCUT2D eigenvalue weighted by Crippen LogP contribution is 2.31. The maximum absolute atomic E-state index is 13.1. The van der Waals surface area contributed by atoms with E-state index in [9.17, 15) is 9.59 Å². The van der Waals surface area contributed by atoms with Gasteiger partial charge in [0.25, 0.3) is 5.91 Å². The van der Waals surface area contributed by atoms with Crippen LogP contribution in [0.4, 0.5) is 0 Å². The molecule has 0 spiro atoms. The molecule has 0 atom stereocenters. The monoisotopic (exact) mass is 439 g/mol. The number of likely N-dealkylation sites (tertiary alicyclic amines) is 1. The molecular formula is C24H29N3O5. The summed E-state index contributed by atoms with van der Waals surface area (Å²) in [6, 6.07) is 9.28. The van der Waals surface area contributed by atoms with E-state index in [-0.39, 0.29) is 17.7 Å². The predicted octanol–water partition coefficient (Wildman–Crippen LogP) is 3.44. The van der Waals surface area contributed by atoms with Crippen molar-refractivity contribution in [3.8, 4) is 11.5 Å². The van der Waals surface area contributed by atoms with E-state index in [1.807, 2.05) is 46.7 Å². The Balaban J connectivity index is 1.35. The van der Waals surface area contributed by atoms with Crippen LogP contribution >= 0.6 is 0 Å². The lowest BCUT2D eigenvalue weighted by atomic mass is 9.95. The Labute approximate surface area is 187 Å². The number of rotatable bonds is 7. The van der Waals surface area contributed by atoms with Crippen molar-refractivity contribution in [3.05, 3.63) is 47.9 Å². The molecule has 8 heteroatoms. The summed E-state index contributed by atoms with van der Waals surface area (Å²) in [5, 5.41) is 3.01. The number of nitrogens with zero attached hydrogens (tertiary/aromatic N) is 2. The van der Waals surface area contributed by atoms with Crippen LogP contribution in [0.3, 0.4) is 0 Å². The number of hydrogen-bond acceptors (Lipinski definition) is 5. The Morgan fingerprint density at radius 3 is 2.62 bits per heavy atom. The molecule has 3 heterocycles. The van der Waals surface area contributed by atoms with E-state index >= 15 is 0 Å². The van der Waals surface area contributed by atoms with Gasteiger partial charge in [-0.2, -0.15) is 0 Å². The maximum atomic E-state index is 13.1. The van der Waals surface area contributed by atoms with Crippen molar-refractivity contribution in [2.75, 3.05) is 27.3 Å². The number of para-hydroxylation sites is 1. The Bertz CT molecular complexity index is 1110. The summed E-state index contributed by atoms with van der Waals surface area (Å²) in [6.07, 6.45) is 2.90. The van der Waals surface area contributed by atoms with E-state index in [0.717, 1.165) is 16.7 Å². The fourth-order valence-corrected chi connectivity index (χ4v) is 4.42. The van der Waals surface area contributed by atoms with Crippen LogP contribution in [-0.2, 0) is 17.9 Å².